The molecular formula is C19H35N5S. The summed E-state index contributed by atoms with van der Waals surface area (Å²) in [6.07, 6.45) is 0.951. The zero-order chi connectivity index (χ0) is 18.4. The molecule has 0 unspecified atom stereocenters. The molecule has 6 heteroatoms. The molecule has 1 N–H and O–H groups in total. The van der Waals surface area contributed by atoms with Crippen molar-refractivity contribution in [2.75, 3.05) is 46.3 Å². The van der Waals surface area contributed by atoms with E-state index in [1.807, 2.05) is 7.05 Å². The van der Waals surface area contributed by atoms with Crippen molar-refractivity contribution in [1.82, 2.24) is 20.1 Å². The van der Waals surface area contributed by atoms with E-state index in [0.717, 1.165) is 51.0 Å². The van der Waals surface area contributed by atoms with Crippen LogP contribution in [0.2, 0.25) is 0 Å². The smallest absolute Gasteiger partial charge is 0.193 e. The van der Waals surface area contributed by atoms with Gasteiger partial charge in [-0.25, -0.2) is 4.98 Å². The molecular weight excluding hydrogens is 330 g/mol. The Morgan fingerprint density at radius 3 is 2.48 bits per heavy atom. The third-order valence-corrected chi connectivity index (χ3v) is 5.36. The van der Waals surface area contributed by atoms with Crippen molar-refractivity contribution in [2.24, 2.45) is 10.9 Å². The summed E-state index contributed by atoms with van der Waals surface area (Å²) in [5.74, 6) is 1.76. The molecule has 5 nitrogen and oxygen atoms in total. The summed E-state index contributed by atoms with van der Waals surface area (Å²) in [6, 6.07) is 0. The summed E-state index contributed by atoms with van der Waals surface area (Å²) in [6.45, 7) is 17.7. The number of nitrogens with one attached hydrogen (secondary N) is 1. The minimum absolute atomic E-state index is 0.133. The zero-order valence-corrected chi connectivity index (χ0v) is 17.6. The molecule has 1 aromatic rings. The predicted molar refractivity (Wildman–Crippen MR) is 109 cm³/mol. The van der Waals surface area contributed by atoms with Crippen molar-refractivity contribution < 1.29 is 0 Å². The molecule has 0 spiro atoms. The molecule has 142 valence electrons. The van der Waals surface area contributed by atoms with Gasteiger partial charge in [0, 0.05) is 63.5 Å². The largest absolute Gasteiger partial charge is 0.356 e. The van der Waals surface area contributed by atoms with Crippen LogP contribution in [0.1, 0.15) is 45.3 Å². The van der Waals surface area contributed by atoms with Crippen LogP contribution >= 0.6 is 11.3 Å². The van der Waals surface area contributed by atoms with E-state index in [1.165, 1.54) is 17.2 Å². The van der Waals surface area contributed by atoms with Gasteiger partial charge >= 0.3 is 0 Å². The first-order valence-corrected chi connectivity index (χ1v) is 10.3. The highest BCUT2D eigenvalue weighted by Crippen LogP contribution is 2.23. The Morgan fingerprint density at radius 1 is 1.28 bits per heavy atom. The maximum atomic E-state index is 4.77. The van der Waals surface area contributed by atoms with Crippen LogP contribution in [0.15, 0.2) is 10.4 Å². The minimum atomic E-state index is 0.133. The van der Waals surface area contributed by atoms with Crippen LogP contribution in [0.3, 0.4) is 0 Å². The summed E-state index contributed by atoms with van der Waals surface area (Å²) >= 11 is 1.77. The van der Waals surface area contributed by atoms with E-state index in [4.69, 9.17) is 4.98 Å². The summed E-state index contributed by atoms with van der Waals surface area (Å²) in [4.78, 5) is 14.2. The first-order chi connectivity index (χ1) is 11.8. The lowest BCUT2D eigenvalue weighted by atomic mass is 9.93. The van der Waals surface area contributed by atoms with Crippen LogP contribution in [-0.2, 0) is 11.8 Å². The number of guanidine groups is 1. The van der Waals surface area contributed by atoms with Gasteiger partial charge in [0.25, 0.3) is 0 Å². The van der Waals surface area contributed by atoms with Crippen LogP contribution < -0.4 is 5.32 Å². The van der Waals surface area contributed by atoms with Gasteiger partial charge in [0.2, 0.25) is 0 Å². The Kier molecular flexibility index (Phi) is 7.25. The number of hydrogen-bond acceptors (Lipinski definition) is 4. The first kappa shape index (κ1) is 20.2. The van der Waals surface area contributed by atoms with Crippen LogP contribution in [0.25, 0.3) is 0 Å². The van der Waals surface area contributed by atoms with E-state index in [-0.39, 0.29) is 5.41 Å². The topological polar surface area (TPSA) is 43.8 Å². The van der Waals surface area contributed by atoms with Gasteiger partial charge in [-0.15, -0.1) is 11.3 Å². The molecule has 2 heterocycles. The van der Waals surface area contributed by atoms with Gasteiger partial charge in [-0.1, -0.05) is 34.6 Å². The molecule has 0 radical (unpaired) electrons. The van der Waals surface area contributed by atoms with E-state index < -0.39 is 0 Å². The Morgan fingerprint density at radius 2 is 1.96 bits per heavy atom. The molecule has 0 bridgehead atoms. The molecule has 1 aromatic heterocycles. The number of thiazole rings is 1. The Bertz CT molecular complexity index is 550. The summed E-state index contributed by atoms with van der Waals surface area (Å²) in [5.41, 5.74) is 1.33. The third kappa shape index (κ3) is 6.26. The Balaban J connectivity index is 1.77. The molecule has 25 heavy (non-hydrogen) atoms. The number of aliphatic imine (C=N–C) groups is 1. The van der Waals surface area contributed by atoms with Gasteiger partial charge in [0.05, 0.1) is 10.7 Å². The van der Waals surface area contributed by atoms with E-state index in [2.05, 4.69) is 60.1 Å². The number of nitrogens with zero attached hydrogens (tertiary/aromatic N) is 4. The van der Waals surface area contributed by atoms with Crippen molar-refractivity contribution in [3.05, 3.63) is 16.1 Å². The molecule has 0 amide bonds. The predicted octanol–water partition coefficient (Wildman–Crippen LogP) is 2.83. The summed E-state index contributed by atoms with van der Waals surface area (Å²) in [5, 5.41) is 6.91. The monoisotopic (exact) mass is 365 g/mol. The van der Waals surface area contributed by atoms with Crippen molar-refractivity contribution >= 4 is 17.3 Å². The fourth-order valence-corrected chi connectivity index (χ4v) is 4.07. The number of aromatic nitrogens is 1. The second kappa shape index (κ2) is 8.99. The second-order valence-corrected chi connectivity index (χ2v) is 9.22. The Labute approximate surface area is 157 Å². The normalized spacial score (nSPS) is 17.4. The van der Waals surface area contributed by atoms with E-state index in [0.29, 0.717) is 0 Å². The zero-order valence-electron chi connectivity index (χ0n) is 16.8. The standard InChI is InChI=1S/C19H35N5S/c1-15(2)13-23-9-11-24(12-10-23)18(20-6)21-8-7-17-22-16(14-25-17)19(3,4)5/h14-15H,7-13H2,1-6H3,(H,20,21). The number of piperazine rings is 1. The quantitative estimate of drug-likeness (QED) is 0.644. The van der Waals surface area contributed by atoms with Crippen LogP contribution in [0.5, 0.6) is 0 Å². The fourth-order valence-electron chi connectivity index (χ4n) is 3.04. The highest BCUT2D eigenvalue weighted by Gasteiger charge is 2.20. The molecule has 0 atom stereocenters. The maximum Gasteiger partial charge on any atom is 0.193 e. The van der Waals surface area contributed by atoms with Gasteiger partial charge in [-0.2, -0.15) is 0 Å². The molecule has 2 rings (SSSR count). The molecule has 0 aromatic carbocycles. The molecule has 0 saturated carbocycles. The van der Waals surface area contributed by atoms with Crippen molar-refractivity contribution in [3.8, 4) is 0 Å². The van der Waals surface area contributed by atoms with E-state index in [1.54, 1.807) is 11.3 Å². The van der Waals surface area contributed by atoms with E-state index >= 15 is 0 Å². The lowest BCUT2D eigenvalue weighted by Gasteiger charge is -2.37. The molecule has 1 fully saturated rings. The molecule has 0 aliphatic carbocycles. The van der Waals surface area contributed by atoms with Crippen molar-refractivity contribution in [3.63, 3.8) is 0 Å². The summed E-state index contributed by atoms with van der Waals surface area (Å²) in [7, 11) is 1.88. The average Bonchev–Trinajstić information content (AvgIpc) is 3.01. The van der Waals surface area contributed by atoms with E-state index in [9.17, 15) is 0 Å². The van der Waals surface area contributed by atoms with Gasteiger partial charge in [-0.05, 0) is 5.92 Å². The fraction of sp³-hybridized carbons (Fsp3) is 0.789. The molecule has 1 saturated heterocycles. The maximum absolute atomic E-state index is 4.77. The van der Waals surface area contributed by atoms with Crippen molar-refractivity contribution in [1.29, 1.82) is 0 Å². The highest BCUT2D eigenvalue weighted by atomic mass is 32.1. The van der Waals surface area contributed by atoms with Gasteiger partial charge in [-0.3, -0.25) is 9.89 Å². The Hall–Kier alpha value is -1.14. The summed E-state index contributed by atoms with van der Waals surface area (Å²) < 4.78 is 0. The highest BCUT2D eigenvalue weighted by molar-refractivity contribution is 7.09. The average molecular weight is 366 g/mol. The SMILES string of the molecule is CN=C(NCCc1nc(C(C)(C)C)cs1)N1CCN(CC(C)C)CC1. The number of hydrogen-bond donors (Lipinski definition) is 1. The van der Waals surface area contributed by atoms with Crippen molar-refractivity contribution in [2.45, 2.75) is 46.5 Å². The third-order valence-electron chi connectivity index (χ3n) is 4.45. The first-order valence-electron chi connectivity index (χ1n) is 9.42. The second-order valence-electron chi connectivity index (χ2n) is 8.28. The van der Waals surface area contributed by atoms with Crippen LogP contribution in [0.4, 0.5) is 0 Å². The number of rotatable bonds is 5. The lowest BCUT2D eigenvalue weighted by Crippen LogP contribution is -2.53. The van der Waals surface area contributed by atoms with Gasteiger partial charge in [0.1, 0.15) is 0 Å². The molecule has 1 aliphatic rings. The lowest BCUT2D eigenvalue weighted by molar-refractivity contribution is 0.164. The van der Waals surface area contributed by atoms with Gasteiger partial charge in [0.15, 0.2) is 5.96 Å². The van der Waals surface area contributed by atoms with Crippen LogP contribution in [-0.4, -0.2) is 67.1 Å². The molecule has 1 aliphatic heterocycles. The van der Waals surface area contributed by atoms with Crippen LogP contribution in [0, 0.1) is 5.92 Å². The minimum Gasteiger partial charge on any atom is -0.356 e. The van der Waals surface area contributed by atoms with Gasteiger partial charge < -0.3 is 10.2 Å².